The molecule has 1 fully saturated rings. The van der Waals surface area contributed by atoms with Crippen molar-refractivity contribution in [1.29, 1.82) is 0 Å². The van der Waals surface area contributed by atoms with Gasteiger partial charge in [-0.25, -0.2) is 0 Å². The lowest BCUT2D eigenvalue weighted by Gasteiger charge is -2.30. The normalized spacial score (nSPS) is 36.5. The number of rotatable bonds is 4. The van der Waals surface area contributed by atoms with E-state index in [4.69, 9.17) is 0 Å². The van der Waals surface area contributed by atoms with E-state index in [9.17, 15) is 5.11 Å². The van der Waals surface area contributed by atoms with Crippen molar-refractivity contribution in [2.75, 3.05) is 0 Å². The first-order valence-electron chi connectivity index (χ1n) is 5.84. The third-order valence-corrected chi connectivity index (χ3v) is 3.84. The third kappa shape index (κ3) is 2.46. The minimum absolute atomic E-state index is 0.323. The van der Waals surface area contributed by atoms with Crippen molar-refractivity contribution in [3.05, 3.63) is 0 Å². The van der Waals surface area contributed by atoms with Crippen molar-refractivity contribution < 1.29 is 5.11 Å². The molecule has 1 nitrogen and oxygen atoms in total. The maximum absolute atomic E-state index is 10.4. The highest BCUT2D eigenvalue weighted by Crippen LogP contribution is 2.42. The van der Waals surface area contributed by atoms with Gasteiger partial charge in [-0.2, -0.15) is 0 Å². The fourth-order valence-electron chi connectivity index (χ4n) is 2.66. The lowest BCUT2D eigenvalue weighted by Crippen LogP contribution is -2.33. The molecule has 0 heterocycles. The van der Waals surface area contributed by atoms with Gasteiger partial charge >= 0.3 is 0 Å². The van der Waals surface area contributed by atoms with Crippen LogP contribution in [0, 0.1) is 11.8 Å². The summed E-state index contributed by atoms with van der Waals surface area (Å²) in [4.78, 5) is 0. The molecule has 13 heavy (non-hydrogen) atoms. The van der Waals surface area contributed by atoms with Gasteiger partial charge < -0.3 is 5.11 Å². The Morgan fingerprint density at radius 2 is 2.15 bits per heavy atom. The SMILES string of the molecule is CCCC(C)C1(O)CCC(CC)C1. The van der Waals surface area contributed by atoms with Crippen LogP contribution in [0.15, 0.2) is 0 Å². The first-order chi connectivity index (χ1) is 6.12. The van der Waals surface area contributed by atoms with Crippen LogP contribution < -0.4 is 0 Å². The highest BCUT2D eigenvalue weighted by atomic mass is 16.3. The van der Waals surface area contributed by atoms with Gasteiger partial charge in [-0.1, -0.05) is 33.6 Å². The molecular weight excluding hydrogens is 160 g/mol. The molecule has 1 aliphatic carbocycles. The Kier molecular flexibility index (Phi) is 3.78. The van der Waals surface area contributed by atoms with Gasteiger partial charge in [0.1, 0.15) is 0 Å². The molecule has 0 spiro atoms. The van der Waals surface area contributed by atoms with E-state index in [1.807, 2.05) is 0 Å². The van der Waals surface area contributed by atoms with Crippen molar-refractivity contribution >= 4 is 0 Å². The second-order valence-electron chi connectivity index (χ2n) is 4.81. The molecule has 0 saturated heterocycles. The van der Waals surface area contributed by atoms with Gasteiger partial charge in [0.25, 0.3) is 0 Å². The van der Waals surface area contributed by atoms with Crippen LogP contribution in [0.4, 0.5) is 0 Å². The van der Waals surface area contributed by atoms with Gasteiger partial charge in [-0.3, -0.25) is 0 Å². The molecule has 1 heteroatoms. The van der Waals surface area contributed by atoms with E-state index in [0.717, 1.165) is 18.8 Å². The molecule has 1 rings (SSSR count). The smallest absolute Gasteiger partial charge is 0.0675 e. The van der Waals surface area contributed by atoms with Crippen LogP contribution in [-0.2, 0) is 0 Å². The summed E-state index contributed by atoms with van der Waals surface area (Å²) in [6.07, 6.45) is 6.92. The van der Waals surface area contributed by atoms with Gasteiger partial charge in [-0.15, -0.1) is 0 Å². The summed E-state index contributed by atoms with van der Waals surface area (Å²) >= 11 is 0. The molecule has 1 aliphatic rings. The number of hydrogen-bond donors (Lipinski definition) is 1. The van der Waals surface area contributed by atoms with E-state index >= 15 is 0 Å². The second-order valence-corrected chi connectivity index (χ2v) is 4.81. The molecular formula is C12H24O. The molecule has 0 amide bonds. The Hall–Kier alpha value is -0.0400. The van der Waals surface area contributed by atoms with Crippen molar-refractivity contribution in [2.45, 2.75) is 64.9 Å². The van der Waals surface area contributed by atoms with Crippen LogP contribution in [0.3, 0.4) is 0 Å². The summed E-state index contributed by atoms with van der Waals surface area (Å²) in [5.41, 5.74) is -0.323. The van der Waals surface area contributed by atoms with Crippen LogP contribution in [0.1, 0.15) is 59.3 Å². The summed E-state index contributed by atoms with van der Waals surface area (Å²) in [7, 11) is 0. The van der Waals surface area contributed by atoms with Crippen LogP contribution >= 0.6 is 0 Å². The van der Waals surface area contributed by atoms with E-state index in [1.165, 1.54) is 25.7 Å². The van der Waals surface area contributed by atoms with Gasteiger partial charge in [0.05, 0.1) is 5.60 Å². The second kappa shape index (κ2) is 4.45. The maximum atomic E-state index is 10.4. The van der Waals surface area contributed by atoms with Crippen LogP contribution in [0.2, 0.25) is 0 Å². The predicted octanol–water partition coefficient (Wildman–Crippen LogP) is 3.36. The average molecular weight is 184 g/mol. The quantitative estimate of drug-likeness (QED) is 0.710. The zero-order valence-electron chi connectivity index (χ0n) is 9.34. The fraction of sp³-hybridized carbons (Fsp3) is 1.00. The number of aliphatic hydroxyl groups is 1. The van der Waals surface area contributed by atoms with Crippen molar-refractivity contribution in [3.63, 3.8) is 0 Å². The van der Waals surface area contributed by atoms with Gasteiger partial charge in [0.15, 0.2) is 0 Å². The molecule has 0 aromatic rings. The van der Waals surface area contributed by atoms with Crippen LogP contribution in [0.25, 0.3) is 0 Å². The van der Waals surface area contributed by atoms with E-state index in [-0.39, 0.29) is 5.60 Å². The van der Waals surface area contributed by atoms with Gasteiger partial charge in [0, 0.05) is 0 Å². The largest absolute Gasteiger partial charge is 0.390 e. The van der Waals surface area contributed by atoms with E-state index in [1.54, 1.807) is 0 Å². The van der Waals surface area contributed by atoms with E-state index in [0.29, 0.717) is 5.92 Å². The highest BCUT2D eigenvalue weighted by molar-refractivity contribution is 4.92. The van der Waals surface area contributed by atoms with Crippen molar-refractivity contribution in [2.24, 2.45) is 11.8 Å². The molecule has 3 unspecified atom stereocenters. The number of hydrogen-bond acceptors (Lipinski definition) is 1. The Morgan fingerprint density at radius 1 is 1.46 bits per heavy atom. The zero-order chi connectivity index (χ0) is 9.90. The Morgan fingerprint density at radius 3 is 2.62 bits per heavy atom. The predicted molar refractivity (Wildman–Crippen MR) is 56.7 cm³/mol. The first-order valence-corrected chi connectivity index (χ1v) is 5.84. The molecule has 1 N–H and O–H groups in total. The van der Waals surface area contributed by atoms with Crippen LogP contribution in [0.5, 0.6) is 0 Å². The van der Waals surface area contributed by atoms with E-state index in [2.05, 4.69) is 20.8 Å². The lowest BCUT2D eigenvalue weighted by atomic mass is 9.83. The van der Waals surface area contributed by atoms with Crippen LogP contribution in [-0.4, -0.2) is 10.7 Å². The van der Waals surface area contributed by atoms with Gasteiger partial charge in [0.2, 0.25) is 0 Å². The molecule has 1 saturated carbocycles. The Bertz CT molecular complexity index is 155. The third-order valence-electron chi connectivity index (χ3n) is 3.84. The average Bonchev–Trinajstić information content (AvgIpc) is 2.49. The molecule has 3 atom stereocenters. The zero-order valence-corrected chi connectivity index (χ0v) is 9.34. The van der Waals surface area contributed by atoms with Crippen molar-refractivity contribution in [3.8, 4) is 0 Å². The standard InChI is InChI=1S/C12H24O/c1-4-6-10(3)12(13)8-7-11(5-2)9-12/h10-11,13H,4-9H2,1-3H3. The Labute approximate surface area is 82.5 Å². The summed E-state index contributed by atoms with van der Waals surface area (Å²) in [6, 6.07) is 0. The molecule has 0 radical (unpaired) electrons. The lowest BCUT2D eigenvalue weighted by molar-refractivity contribution is -0.0123. The Balaban J connectivity index is 2.47. The highest BCUT2D eigenvalue weighted by Gasteiger charge is 2.40. The van der Waals surface area contributed by atoms with Gasteiger partial charge in [-0.05, 0) is 37.5 Å². The molecule has 0 aromatic carbocycles. The molecule has 0 bridgehead atoms. The van der Waals surface area contributed by atoms with Crippen molar-refractivity contribution in [1.82, 2.24) is 0 Å². The minimum atomic E-state index is -0.323. The monoisotopic (exact) mass is 184 g/mol. The molecule has 0 aliphatic heterocycles. The summed E-state index contributed by atoms with van der Waals surface area (Å²) in [5, 5.41) is 10.4. The molecule has 0 aromatic heterocycles. The first kappa shape index (κ1) is 11.0. The molecule has 78 valence electrons. The topological polar surface area (TPSA) is 20.2 Å². The fourth-order valence-corrected chi connectivity index (χ4v) is 2.66. The summed E-state index contributed by atoms with van der Waals surface area (Å²) in [5.74, 6) is 1.28. The summed E-state index contributed by atoms with van der Waals surface area (Å²) < 4.78 is 0. The van der Waals surface area contributed by atoms with E-state index < -0.39 is 0 Å². The summed E-state index contributed by atoms with van der Waals surface area (Å²) in [6.45, 7) is 6.65. The maximum Gasteiger partial charge on any atom is 0.0675 e. The minimum Gasteiger partial charge on any atom is -0.390 e.